The second-order valence-electron chi connectivity index (χ2n) is 7.48. The largest absolute Gasteiger partial charge is 0.394 e. The Morgan fingerprint density at radius 3 is 2.47 bits per heavy atom. The van der Waals surface area contributed by atoms with Gasteiger partial charge in [-0.1, -0.05) is 24.3 Å². The molecule has 0 bridgehead atoms. The van der Waals surface area contributed by atoms with E-state index >= 15 is 0 Å². The van der Waals surface area contributed by atoms with E-state index in [0.29, 0.717) is 51.0 Å². The number of carbonyl (C=O) groups is 1. The Labute approximate surface area is 214 Å². The zero-order valence-electron chi connectivity index (χ0n) is 20.1. The Hall–Kier alpha value is -3.06. The van der Waals surface area contributed by atoms with E-state index in [4.69, 9.17) is 25.1 Å². The molecule has 36 heavy (non-hydrogen) atoms. The molecule has 0 saturated heterocycles. The lowest BCUT2D eigenvalue weighted by Gasteiger charge is -2.10. The van der Waals surface area contributed by atoms with Crippen LogP contribution in [-0.4, -0.2) is 67.7 Å². The van der Waals surface area contributed by atoms with E-state index in [1.165, 1.54) is 11.9 Å². The summed E-state index contributed by atoms with van der Waals surface area (Å²) in [6, 6.07) is 15.1. The van der Waals surface area contributed by atoms with Crippen LogP contribution in [0.5, 0.6) is 0 Å². The molecule has 0 radical (unpaired) electrons. The van der Waals surface area contributed by atoms with Gasteiger partial charge in [0.1, 0.15) is 0 Å². The third-order valence-electron chi connectivity index (χ3n) is 4.82. The van der Waals surface area contributed by atoms with Crippen molar-refractivity contribution in [2.75, 3.05) is 57.7 Å². The zero-order valence-corrected chi connectivity index (χ0v) is 20.9. The van der Waals surface area contributed by atoms with Crippen LogP contribution in [0.2, 0.25) is 0 Å². The average Bonchev–Trinajstić information content (AvgIpc) is 2.89. The highest BCUT2D eigenvalue weighted by molar-refractivity contribution is 7.97. The van der Waals surface area contributed by atoms with Crippen LogP contribution >= 0.6 is 11.9 Å². The van der Waals surface area contributed by atoms with Gasteiger partial charge in [-0.3, -0.25) is 9.52 Å². The Kier molecular flexibility index (Phi) is 11.6. The first kappa shape index (κ1) is 27.5. The first-order chi connectivity index (χ1) is 17.6. The fourth-order valence-electron chi connectivity index (χ4n) is 3.14. The molecule has 11 heteroatoms. The highest BCUT2D eigenvalue weighted by Gasteiger charge is 2.15. The van der Waals surface area contributed by atoms with Crippen LogP contribution in [-0.2, 0) is 20.8 Å². The van der Waals surface area contributed by atoms with E-state index in [1.807, 2.05) is 49.5 Å². The van der Waals surface area contributed by atoms with Crippen molar-refractivity contribution in [3.63, 3.8) is 0 Å². The van der Waals surface area contributed by atoms with Gasteiger partial charge in [0.15, 0.2) is 11.5 Å². The van der Waals surface area contributed by atoms with Gasteiger partial charge in [0.2, 0.25) is 0 Å². The van der Waals surface area contributed by atoms with Crippen LogP contribution in [0.15, 0.2) is 59.6 Å². The van der Waals surface area contributed by atoms with Crippen molar-refractivity contribution in [2.24, 2.45) is 0 Å². The van der Waals surface area contributed by atoms with E-state index in [1.54, 1.807) is 12.3 Å². The number of aliphatic hydroxyl groups excluding tert-OH is 1. The Balaban J connectivity index is 1.53. The Morgan fingerprint density at radius 1 is 1.03 bits per heavy atom. The van der Waals surface area contributed by atoms with E-state index in [0.717, 1.165) is 16.0 Å². The van der Waals surface area contributed by atoms with Gasteiger partial charge in [-0.05, 0) is 48.8 Å². The molecule has 3 rings (SSSR count). The van der Waals surface area contributed by atoms with Crippen molar-refractivity contribution in [2.45, 2.75) is 11.5 Å². The molecule has 1 amide bonds. The fraction of sp³-hybridized carbons (Fsp3) is 0.320. The Morgan fingerprint density at radius 2 is 1.75 bits per heavy atom. The van der Waals surface area contributed by atoms with E-state index in [-0.39, 0.29) is 18.1 Å². The predicted octanol–water partition coefficient (Wildman–Crippen LogP) is 2.75. The molecule has 1 aromatic heterocycles. The smallest absolute Gasteiger partial charge is 0.278 e. The summed E-state index contributed by atoms with van der Waals surface area (Å²) in [6.45, 7) is 2.41. The molecule has 3 aromatic rings. The Bertz CT molecular complexity index is 1100. The lowest BCUT2D eigenvalue weighted by atomic mass is 10.1. The van der Waals surface area contributed by atoms with Crippen molar-refractivity contribution in [3.8, 4) is 11.3 Å². The van der Waals surface area contributed by atoms with Gasteiger partial charge in [0, 0.05) is 16.1 Å². The molecule has 0 saturated carbocycles. The maximum absolute atomic E-state index is 12.9. The first-order valence-corrected chi connectivity index (χ1v) is 12.2. The normalized spacial score (nSPS) is 10.9. The van der Waals surface area contributed by atoms with Gasteiger partial charge in [0.05, 0.1) is 58.1 Å². The number of carbonyl (C=O) groups excluding carboxylic acids is 1. The van der Waals surface area contributed by atoms with Crippen molar-refractivity contribution in [1.82, 2.24) is 14.7 Å². The first-order valence-electron chi connectivity index (χ1n) is 11.4. The molecule has 1 heterocycles. The maximum atomic E-state index is 12.9. The van der Waals surface area contributed by atoms with Gasteiger partial charge in [-0.2, -0.15) is 0 Å². The third-order valence-corrected chi connectivity index (χ3v) is 5.53. The minimum atomic E-state index is -0.445. The highest BCUT2D eigenvalue weighted by atomic mass is 32.2. The summed E-state index contributed by atoms with van der Waals surface area (Å²) in [5, 5.41) is 11.5. The number of aromatic nitrogens is 2. The average molecular weight is 514 g/mol. The summed E-state index contributed by atoms with van der Waals surface area (Å²) in [5.41, 5.74) is 8.89. The van der Waals surface area contributed by atoms with E-state index in [2.05, 4.69) is 20.0 Å². The SMILES string of the molecule is CNSc1ccc(-c2cnc(N)c(C(=O)Nc3cccc(COCCOCCOCCO)c3)n2)cc1. The van der Waals surface area contributed by atoms with Gasteiger partial charge in [-0.15, -0.1) is 0 Å². The van der Waals surface area contributed by atoms with Crippen molar-refractivity contribution >= 4 is 29.4 Å². The zero-order chi connectivity index (χ0) is 25.6. The summed E-state index contributed by atoms with van der Waals surface area (Å²) in [5.74, 6) is -0.390. The van der Waals surface area contributed by atoms with Crippen LogP contribution in [0.4, 0.5) is 11.5 Å². The van der Waals surface area contributed by atoms with Crippen LogP contribution in [0.25, 0.3) is 11.3 Å². The molecule has 0 fully saturated rings. The molecule has 10 nitrogen and oxygen atoms in total. The maximum Gasteiger partial charge on any atom is 0.278 e. The van der Waals surface area contributed by atoms with Gasteiger partial charge < -0.3 is 30.4 Å². The lowest BCUT2D eigenvalue weighted by molar-refractivity contribution is 0.00451. The minimum absolute atomic E-state index is 0.000983. The van der Waals surface area contributed by atoms with Crippen molar-refractivity contribution in [1.29, 1.82) is 0 Å². The monoisotopic (exact) mass is 513 g/mol. The number of nitrogens with zero attached hydrogens (tertiary/aromatic N) is 2. The number of benzene rings is 2. The molecule has 192 valence electrons. The number of anilines is 2. The summed E-state index contributed by atoms with van der Waals surface area (Å²) in [6.07, 6.45) is 1.55. The second kappa shape index (κ2) is 15.1. The highest BCUT2D eigenvalue weighted by Crippen LogP contribution is 2.23. The minimum Gasteiger partial charge on any atom is -0.394 e. The van der Waals surface area contributed by atoms with E-state index < -0.39 is 5.91 Å². The number of nitrogens with one attached hydrogen (secondary N) is 2. The molecule has 5 N–H and O–H groups in total. The fourth-order valence-corrected chi connectivity index (χ4v) is 3.65. The van der Waals surface area contributed by atoms with Crippen LogP contribution in [0, 0.1) is 0 Å². The van der Waals surface area contributed by atoms with E-state index in [9.17, 15) is 4.79 Å². The number of nitrogen functional groups attached to an aromatic ring is 1. The number of aliphatic hydroxyl groups is 1. The molecular weight excluding hydrogens is 482 g/mol. The molecule has 0 aliphatic rings. The summed E-state index contributed by atoms with van der Waals surface area (Å²) >= 11 is 1.51. The lowest BCUT2D eigenvalue weighted by Crippen LogP contribution is -2.17. The van der Waals surface area contributed by atoms with Gasteiger partial charge in [0.25, 0.3) is 5.91 Å². The number of rotatable bonds is 15. The van der Waals surface area contributed by atoms with Crippen LogP contribution in [0.3, 0.4) is 0 Å². The predicted molar refractivity (Wildman–Crippen MR) is 140 cm³/mol. The standard InChI is InChI=1S/C25H31N5O5S/c1-27-36-21-7-5-19(6-8-21)22-16-28-24(26)23(30-22)25(32)29-20-4-2-3-18(15-20)17-35-14-13-34-12-11-33-10-9-31/h2-8,15-16,27,31H,9-14,17H2,1H3,(H2,26,28)(H,29,32). The number of ether oxygens (including phenoxy) is 3. The quantitative estimate of drug-likeness (QED) is 0.177. The topological polar surface area (TPSA) is 141 Å². The number of hydrogen-bond acceptors (Lipinski definition) is 10. The van der Waals surface area contributed by atoms with Gasteiger partial charge in [-0.25, -0.2) is 9.97 Å². The number of nitrogens with two attached hydrogens (primary N) is 1. The van der Waals surface area contributed by atoms with Crippen LogP contribution in [0.1, 0.15) is 16.1 Å². The molecule has 0 atom stereocenters. The van der Waals surface area contributed by atoms with Crippen LogP contribution < -0.4 is 15.8 Å². The second-order valence-corrected chi connectivity index (χ2v) is 8.56. The summed E-state index contributed by atoms with van der Waals surface area (Å²) < 4.78 is 19.2. The molecule has 0 unspecified atom stereocenters. The summed E-state index contributed by atoms with van der Waals surface area (Å²) in [7, 11) is 1.86. The third kappa shape index (κ3) is 8.86. The molecule has 2 aromatic carbocycles. The molecule has 0 aliphatic heterocycles. The summed E-state index contributed by atoms with van der Waals surface area (Å²) in [4.78, 5) is 22.6. The number of amides is 1. The number of hydrogen-bond donors (Lipinski definition) is 4. The van der Waals surface area contributed by atoms with Crippen molar-refractivity contribution < 1.29 is 24.1 Å². The molecule has 0 spiro atoms. The van der Waals surface area contributed by atoms with Gasteiger partial charge >= 0.3 is 0 Å². The molecule has 0 aliphatic carbocycles. The van der Waals surface area contributed by atoms with Crippen molar-refractivity contribution in [3.05, 3.63) is 66.0 Å². The molecular formula is C25H31N5O5S.